The molecular formula is C12H25NOS2. The van der Waals surface area contributed by atoms with Gasteiger partial charge in [-0.1, -0.05) is 12.8 Å². The first-order valence-corrected chi connectivity index (χ1v) is 8.77. The van der Waals surface area contributed by atoms with Gasteiger partial charge in [0.2, 0.25) is 0 Å². The molecule has 2 nitrogen and oxygen atoms in total. The second-order valence-electron chi connectivity index (χ2n) is 4.31. The van der Waals surface area contributed by atoms with Gasteiger partial charge in [-0.05, 0) is 31.3 Å². The van der Waals surface area contributed by atoms with E-state index in [1.165, 1.54) is 31.4 Å². The Morgan fingerprint density at radius 1 is 1.25 bits per heavy atom. The van der Waals surface area contributed by atoms with Crippen molar-refractivity contribution in [1.29, 1.82) is 0 Å². The van der Waals surface area contributed by atoms with Crippen LogP contribution in [0.1, 0.15) is 32.1 Å². The van der Waals surface area contributed by atoms with E-state index >= 15 is 0 Å². The number of aliphatic hydroxyl groups is 1. The van der Waals surface area contributed by atoms with Crippen LogP contribution in [0, 0.1) is 0 Å². The van der Waals surface area contributed by atoms with Crippen LogP contribution >= 0.6 is 23.5 Å². The molecule has 16 heavy (non-hydrogen) atoms. The molecular weight excluding hydrogens is 238 g/mol. The highest BCUT2D eigenvalue weighted by atomic mass is 32.2. The van der Waals surface area contributed by atoms with E-state index in [1.54, 1.807) is 0 Å². The second kappa shape index (κ2) is 9.63. The highest BCUT2D eigenvalue weighted by Gasteiger charge is 2.23. The Balaban J connectivity index is 2.02. The summed E-state index contributed by atoms with van der Waals surface area (Å²) in [6.45, 7) is 1.45. The summed E-state index contributed by atoms with van der Waals surface area (Å²) in [5, 5.41) is 13.2. The third kappa shape index (κ3) is 5.80. The van der Waals surface area contributed by atoms with Gasteiger partial charge in [0.05, 0.1) is 0 Å². The molecule has 0 amide bonds. The van der Waals surface area contributed by atoms with Gasteiger partial charge in [-0.2, -0.15) is 23.5 Å². The molecule has 0 saturated heterocycles. The zero-order valence-corrected chi connectivity index (χ0v) is 11.9. The third-order valence-corrected chi connectivity index (χ3v) is 5.34. The molecule has 0 radical (unpaired) electrons. The molecule has 4 heteroatoms. The Labute approximate surface area is 108 Å². The lowest BCUT2D eigenvalue weighted by Gasteiger charge is -2.31. The zero-order chi connectivity index (χ0) is 11.6. The summed E-state index contributed by atoms with van der Waals surface area (Å²) in [5.74, 6) is 2.27. The molecule has 2 atom stereocenters. The fraction of sp³-hybridized carbons (Fsp3) is 1.00. The molecule has 1 aliphatic carbocycles. The van der Waals surface area contributed by atoms with Crippen LogP contribution in [-0.2, 0) is 0 Å². The van der Waals surface area contributed by atoms with Gasteiger partial charge in [0.1, 0.15) is 0 Å². The fourth-order valence-electron chi connectivity index (χ4n) is 2.20. The van der Waals surface area contributed by atoms with Crippen molar-refractivity contribution in [3.8, 4) is 0 Å². The predicted molar refractivity (Wildman–Crippen MR) is 76.6 cm³/mol. The number of rotatable bonds is 8. The van der Waals surface area contributed by atoms with Gasteiger partial charge in [0.15, 0.2) is 0 Å². The molecule has 96 valence electrons. The zero-order valence-electron chi connectivity index (χ0n) is 10.3. The fourth-order valence-corrected chi connectivity index (χ4v) is 3.96. The summed E-state index contributed by atoms with van der Waals surface area (Å²) in [5.41, 5.74) is 0. The normalized spacial score (nSPS) is 25.9. The van der Waals surface area contributed by atoms with Gasteiger partial charge in [-0.3, -0.25) is 0 Å². The van der Waals surface area contributed by atoms with Gasteiger partial charge in [0.25, 0.3) is 0 Å². The summed E-state index contributed by atoms with van der Waals surface area (Å²) < 4.78 is 0. The molecule has 0 aromatic carbocycles. The number of aliphatic hydroxyl groups excluding tert-OH is 1. The van der Waals surface area contributed by atoms with E-state index < -0.39 is 0 Å². The van der Waals surface area contributed by atoms with Crippen LogP contribution in [0.5, 0.6) is 0 Å². The molecule has 1 fully saturated rings. The molecule has 1 aliphatic rings. The van der Waals surface area contributed by atoms with Crippen molar-refractivity contribution in [3.05, 3.63) is 0 Å². The van der Waals surface area contributed by atoms with Crippen molar-refractivity contribution < 1.29 is 5.11 Å². The molecule has 2 N–H and O–H groups in total. The van der Waals surface area contributed by atoms with E-state index in [1.807, 2.05) is 23.5 Å². The monoisotopic (exact) mass is 263 g/mol. The van der Waals surface area contributed by atoms with Crippen LogP contribution in [0.3, 0.4) is 0 Å². The maximum absolute atomic E-state index is 8.66. The largest absolute Gasteiger partial charge is 0.396 e. The van der Waals surface area contributed by atoms with E-state index in [-0.39, 0.29) is 0 Å². The molecule has 1 saturated carbocycles. The molecule has 0 spiro atoms. The first-order valence-electron chi connectivity index (χ1n) is 6.33. The third-order valence-electron chi connectivity index (χ3n) is 3.11. The SMILES string of the molecule is CSC1CCCCC1NCCSCCCO. The maximum Gasteiger partial charge on any atom is 0.0438 e. The van der Waals surface area contributed by atoms with Gasteiger partial charge in [0, 0.05) is 30.2 Å². The highest BCUT2D eigenvalue weighted by molar-refractivity contribution is 7.99. The van der Waals surface area contributed by atoms with Crippen LogP contribution in [-0.4, -0.2) is 47.3 Å². The van der Waals surface area contributed by atoms with Crippen LogP contribution in [0.25, 0.3) is 0 Å². The summed E-state index contributed by atoms with van der Waals surface area (Å²) in [6, 6.07) is 0.738. The number of nitrogens with one attached hydrogen (secondary N) is 1. The lowest BCUT2D eigenvalue weighted by atomic mass is 9.95. The van der Waals surface area contributed by atoms with Crippen molar-refractivity contribution in [2.45, 2.75) is 43.4 Å². The highest BCUT2D eigenvalue weighted by Crippen LogP contribution is 2.26. The number of hydrogen-bond acceptors (Lipinski definition) is 4. The van der Waals surface area contributed by atoms with Gasteiger partial charge < -0.3 is 10.4 Å². The minimum atomic E-state index is 0.331. The van der Waals surface area contributed by atoms with E-state index in [0.29, 0.717) is 6.61 Å². The van der Waals surface area contributed by atoms with E-state index in [4.69, 9.17) is 5.11 Å². The van der Waals surface area contributed by atoms with Crippen LogP contribution in [0.15, 0.2) is 0 Å². The Morgan fingerprint density at radius 3 is 2.81 bits per heavy atom. The first kappa shape index (κ1) is 14.7. The topological polar surface area (TPSA) is 32.3 Å². The Hall–Kier alpha value is 0.620. The van der Waals surface area contributed by atoms with Crippen LogP contribution in [0.4, 0.5) is 0 Å². The van der Waals surface area contributed by atoms with Crippen LogP contribution < -0.4 is 5.32 Å². The lowest BCUT2D eigenvalue weighted by molar-refractivity contribution is 0.296. The van der Waals surface area contributed by atoms with E-state index in [0.717, 1.165) is 30.0 Å². The van der Waals surface area contributed by atoms with Crippen molar-refractivity contribution >= 4 is 23.5 Å². The van der Waals surface area contributed by atoms with Crippen LogP contribution in [0.2, 0.25) is 0 Å². The predicted octanol–water partition coefficient (Wildman–Crippen LogP) is 2.37. The Morgan fingerprint density at radius 2 is 2.06 bits per heavy atom. The molecule has 1 rings (SSSR count). The standard InChI is InChI=1S/C12H25NOS2/c1-15-12-6-3-2-5-11(12)13-7-10-16-9-4-8-14/h11-14H,2-10H2,1H3. The van der Waals surface area contributed by atoms with Gasteiger partial charge in [-0.25, -0.2) is 0 Å². The smallest absolute Gasteiger partial charge is 0.0438 e. The quantitative estimate of drug-likeness (QED) is 0.659. The average molecular weight is 263 g/mol. The number of hydrogen-bond donors (Lipinski definition) is 2. The Bertz CT molecular complexity index is 169. The first-order chi connectivity index (χ1) is 7.88. The molecule has 2 unspecified atom stereocenters. The maximum atomic E-state index is 8.66. The minimum absolute atomic E-state index is 0.331. The van der Waals surface area contributed by atoms with Gasteiger partial charge in [-0.15, -0.1) is 0 Å². The summed E-state index contributed by atoms with van der Waals surface area (Å²) in [6.07, 6.45) is 8.72. The van der Waals surface area contributed by atoms with Crippen molar-refractivity contribution in [1.82, 2.24) is 5.32 Å². The van der Waals surface area contributed by atoms with Crippen molar-refractivity contribution in [2.75, 3.05) is 30.9 Å². The summed E-state index contributed by atoms with van der Waals surface area (Å²) >= 11 is 3.97. The average Bonchev–Trinajstić information content (AvgIpc) is 2.34. The summed E-state index contributed by atoms with van der Waals surface area (Å²) in [7, 11) is 0. The molecule has 0 aromatic heterocycles. The van der Waals surface area contributed by atoms with Crippen molar-refractivity contribution in [2.24, 2.45) is 0 Å². The second-order valence-corrected chi connectivity index (χ2v) is 6.61. The summed E-state index contributed by atoms with van der Waals surface area (Å²) in [4.78, 5) is 0. The molecule has 0 heterocycles. The Kier molecular flexibility index (Phi) is 8.84. The van der Waals surface area contributed by atoms with E-state index in [9.17, 15) is 0 Å². The molecule has 0 aromatic rings. The minimum Gasteiger partial charge on any atom is -0.396 e. The van der Waals surface area contributed by atoms with E-state index in [2.05, 4.69) is 11.6 Å². The molecule has 0 aliphatic heterocycles. The van der Waals surface area contributed by atoms with Gasteiger partial charge >= 0.3 is 0 Å². The lowest BCUT2D eigenvalue weighted by Crippen LogP contribution is -2.41. The van der Waals surface area contributed by atoms with Crippen molar-refractivity contribution in [3.63, 3.8) is 0 Å². The number of thioether (sulfide) groups is 2. The molecule has 0 bridgehead atoms.